The molecule has 0 fully saturated rings. The molecule has 0 bridgehead atoms. The van der Waals surface area contributed by atoms with Crippen LogP contribution in [-0.4, -0.2) is 31.1 Å². The van der Waals surface area contributed by atoms with E-state index in [-0.39, 0.29) is 0 Å². The van der Waals surface area contributed by atoms with Gasteiger partial charge < -0.3 is 4.57 Å². The maximum atomic E-state index is 10.6. The van der Waals surface area contributed by atoms with Gasteiger partial charge in [-0.05, 0) is 17.3 Å². The van der Waals surface area contributed by atoms with Gasteiger partial charge in [0.2, 0.25) is 0 Å². The van der Waals surface area contributed by atoms with Crippen LogP contribution < -0.4 is 0 Å². The molecule has 0 aliphatic heterocycles. The Morgan fingerprint density at radius 2 is 2.43 bits per heavy atom. The average molecular weight is 191 g/mol. The van der Waals surface area contributed by atoms with Crippen LogP contribution in [0, 0.1) is 0 Å². The number of aldehydes is 1. The van der Waals surface area contributed by atoms with Gasteiger partial charge in [-0.2, -0.15) is 4.80 Å². The molecule has 0 radical (unpaired) electrons. The third-order valence-electron chi connectivity index (χ3n) is 1.85. The van der Waals surface area contributed by atoms with Gasteiger partial charge in [0.05, 0.1) is 19.3 Å². The van der Waals surface area contributed by atoms with Gasteiger partial charge in [0, 0.05) is 6.20 Å². The van der Waals surface area contributed by atoms with Crippen molar-refractivity contribution in [1.29, 1.82) is 0 Å². The van der Waals surface area contributed by atoms with Crippen LogP contribution in [0.3, 0.4) is 0 Å². The predicted molar refractivity (Wildman–Crippen MR) is 47.7 cm³/mol. The summed E-state index contributed by atoms with van der Waals surface area (Å²) in [5, 5.41) is 11.6. The quantitative estimate of drug-likeness (QED) is 0.634. The lowest BCUT2D eigenvalue weighted by Crippen LogP contribution is -2.04. The molecule has 2 aromatic rings. The van der Waals surface area contributed by atoms with Crippen molar-refractivity contribution in [2.75, 3.05) is 0 Å². The minimum absolute atomic E-state index is 0.467. The zero-order valence-electron chi connectivity index (χ0n) is 7.66. The fourth-order valence-corrected chi connectivity index (χ4v) is 1.22. The summed E-state index contributed by atoms with van der Waals surface area (Å²) < 4.78 is 1.77. The Morgan fingerprint density at radius 1 is 1.57 bits per heavy atom. The number of aryl methyl sites for hydroxylation is 1. The molecule has 0 unspecified atom stereocenters. The average Bonchev–Trinajstić information content (AvgIpc) is 2.76. The molecule has 2 heterocycles. The maximum Gasteiger partial charge on any atom is 0.194 e. The maximum absolute atomic E-state index is 10.6. The summed E-state index contributed by atoms with van der Waals surface area (Å²) in [7, 11) is 1.70. The highest BCUT2D eigenvalue weighted by Gasteiger charge is 2.04. The van der Waals surface area contributed by atoms with Crippen LogP contribution in [-0.2, 0) is 13.6 Å². The number of hydrogen-bond acceptors (Lipinski definition) is 4. The van der Waals surface area contributed by atoms with Crippen molar-refractivity contribution in [1.82, 2.24) is 24.8 Å². The predicted octanol–water partition coefficient (Wildman–Crippen LogP) is -0.128. The lowest BCUT2D eigenvalue weighted by molar-refractivity contribution is 0.111. The lowest BCUT2D eigenvalue weighted by Gasteiger charge is -1.99. The Bertz CT molecular complexity index is 444. The topological polar surface area (TPSA) is 65.6 Å². The fraction of sp³-hybridized carbons (Fsp3) is 0.250. The van der Waals surface area contributed by atoms with Crippen LogP contribution in [0.5, 0.6) is 0 Å². The Hall–Kier alpha value is -1.98. The lowest BCUT2D eigenvalue weighted by atomic mass is 10.4. The van der Waals surface area contributed by atoms with Gasteiger partial charge in [0.25, 0.3) is 0 Å². The molecule has 0 saturated carbocycles. The van der Waals surface area contributed by atoms with E-state index in [4.69, 9.17) is 0 Å². The Kier molecular flexibility index (Phi) is 2.10. The van der Waals surface area contributed by atoms with Gasteiger partial charge in [0.15, 0.2) is 12.1 Å². The largest absolute Gasteiger partial charge is 0.338 e. The molecule has 0 N–H and O–H groups in total. The van der Waals surface area contributed by atoms with E-state index < -0.39 is 0 Å². The Balaban J connectivity index is 2.22. The number of carbonyl (C=O) groups is 1. The molecule has 2 aromatic heterocycles. The van der Waals surface area contributed by atoms with Crippen molar-refractivity contribution in [3.8, 4) is 0 Å². The molecule has 6 heteroatoms. The number of aromatic nitrogens is 5. The van der Waals surface area contributed by atoms with E-state index in [0.717, 1.165) is 6.29 Å². The Labute approximate surface area is 80.1 Å². The van der Waals surface area contributed by atoms with Crippen molar-refractivity contribution >= 4 is 6.29 Å². The molecule has 0 amide bonds. The molecule has 6 nitrogen and oxygen atoms in total. The molecule has 2 rings (SSSR count). The van der Waals surface area contributed by atoms with E-state index in [1.165, 1.54) is 4.80 Å². The van der Waals surface area contributed by atoms with Gasteiger partial charge in [-0.1, -0.05) is 0 Å². The molecular formula is C8H9N5O. The van der Waals surface area contributed by atoms with Crippen LogP contribution in [0.2, 0.25) is 0 Å². The smallest absolute Gasteiger partial charge is 0.194 e. The van der Waals surface area contributed by atoms with E-state index in [0.29, 0.717) is 18.1 Å². The monoisotopic (exact) mass is 191 g/mol. The Morgan fingerprint density at radius 3 is 3.07 bits per heavy atom. The number of hydrogen-bond donors (Lipinski definition) is 0. The van der Waals surface area contributed by atoms with E-state index in [2.05, 4.69) is 15.4 Å². The molecule has 0 aromatic carbocycles. The van der Waals surface area contributed by atoms with E-state index >= 15 is 0 Å². The van der Waals surface area contributed by atoms with E-state index in [1.54, 1.807) is 29.9 Å². The summed E-state index contributed by atoms with van der Waals surface area (Å²) >= 11 is 0. The number of tetrazole rings is 1. The minimum atomic E-state index is 0.467. The van der Waals surface area contributed by atoms with Crippen LogP contribution in [0.4, 0.5) is 0 Å². The van der Waals surface area contributed by atoms with Crippen molar-refractivity contribution in [2.24, 2.45) is 7.05 Å². The molecule has 0 spiro atoms. The molecule has 72 valence electrons. The van der Waals surface area contributed by atoms with Gasteiger partial charge in [-0.3, -0.25) is 4.79 Å². The van der Waals surface area contributed by atoms with Gasteiger partial charge in [0.1, 0.15) is 0 Å². The summed E-state index contributed by atoms with van der Waals surface area (Å²) in [5.41, 5.74) is 0.609. The van der Waals surface area contributed by atoms with Gasteiger partial charge in [-0.15, -0.1) is 10.2 Å². The standard InChI is InChI=1S/C8H9N5O/c1-12-10-8(9-11-12)5-13-4-2-3-7(13)6-14/h2-4,6H,5H2,1H3. The summed E-state index contributed by atoms with van der Waals surface area (Å²) in [6.45, 7) is 0.467. The summed E-state index contributed by atoms with van der Waals surface area (Å²) in [5.74, 6) is 0.590. The number of rotatable bonds is 3. The van der Waals surface area contributed by atoms with Crippen LogP contribution in [0.25, 0.3) is 0 Å². The van der Waals surface area contributed by atoms with Crippen LogP contribution >= 0.6 is 0 Å². The van der Waals surface area contributed by atoms with E-state index in [9.17, 15) is 4.79 Å². The first kappa shape index (κ1) is 8.61. The molecule has 0 atom stereocenters. The van der Waals surface area contributed by atoms with Crippen LogP contribution in [0.1, 0.15) is 16.3 Å². The first-order valence-electron chi connectivity index (χ1n) is 4.13. The van der Waals surface area contributed by atoms with Gasteiger partial charge >= 0.3 is 0 Å². The van der Waals surface area contributed by atoms with Crippen molar-refractivity contribution < 1.29 is 4.79 Å². The molecule has 0 aliphatic carbocycles. The second kappa shape index (κ2) is 3.41. The van der Waals surface area contributed by atoms with Gasteiger partial charge in [-0.25, -0.2) is 0 Å². The van der Waals surface area contributed by atoms with Crippen molar-refractivity contribution in [3.63, 3.8) is 0 Å². The number of nitrogens with zero attached hydrogens (tertiary/aromatic N) is 5. The minimum Gasteiger partial charge on any atom is -0.338 e. The van der Waals surface area contributed by atoms with Crippen LogP contribution in [0.15, 0.2) is 18.3 Å². The third kappa shape index (κ3) is 1.54. The van der Waals surface area contributed by atoms with E-state index in [1.807, 2.05) is 0 Å². The highest BCUT2D eigenvalue weighted by atomic mass is 16.1. The highest BCUT2D eigenvalue weighted by molar-refractivity contribution is 5.72. The zero-order chi connectivity index (χ0) is 9.97. The highest BCUT2D eigenvalue weighted by Crippen LogP contribution is 2.01. The normalized spacial score (nSPS) is 10.4. The number of carbonyl (C=O) groups excluding carboxylic acids is 1. The SMILES string of the molecule is Cn1nnc(Cn2cccc2C=O)n1. The zero-order valence-corrected chi connectivity index (χ0v) is 7.66. The fourth-order valence-electron chi connectivity index (χ4n) is 1.22. The first-order chi connectivity index (χ1) is 6.79. The first-order valence-corrected chi connectivity index (χ1v) is 4.13. The third-order valence-corrected chi connectivity index (χ3v) is 1.85. The molecule has 0 aliphatic rings. The molecule has 0 saturated heterocycles. The second-order valence-electron chi connectivity index (χ2n) is 2.87. The summed E-state index contributed by atoms with van der Waals surface area (Å²) in [6.07, 6.45) is 2.61. The van der Waals surface area contributed by atoms with Crippen molar-refractivity contribution in [2.45, 2.75) is 6.54 Å². The van der Waals surface area contributed by atoms with Crippen molar-refractivity contribution in [3.05, 3.63) is 29.8 Å². The summed E-state index contributed by atoms with van der Waals surface area (Å²) in [6, 6.07) is 3.55. The second-order valence-corrected chi connectivity index (χ2v) is 2.87. The summed E-state index contributed by atoms with van der Waals surface area (Å²) in [4.78, 5) is 12.0. The molecular weight excluding hydrogens is 182 g/mol. The molecule has 14 heavy (non-hydrogen) atoms.